The fourth-order valence-corrected chi connectivity index (χ4v) is 3.92. The van der Waals surface area contributed by atoms with Gasteiger partial charge in [-0.3, -0.25) is 4.79 Å². The number of carboxylic acid groups (broad SMARTS) is 1. The lowest BCUT2D eigenvalue weighted by Gasteiger charge is -2.19. The first kappa shape index (κ1) is 32.8. The minimum absolute atomic E-state index is 0.129. The predicted molar refractivity (Wildman–Crippen MR) is 146 cm³/mol. The Kier molecular flexibility index (Phi) is 17.0. The van der Waals surface area contributed by atoms with E-state index < -0.39 is 23.7 Å². The van der Waals surface area contributed by atoms with E-state index in [1.165, 1.54) is 28.5 Å². The van der Waals surface area contributed by atoms with Crippen LogP contribution in [0.5, 0.6) is 0 Å². The Morgan fingerprint density at radius 1 is 0.943 bits per heavy atom. The summed E-state index contributed by atoms with van der Waals surface area (Å²) in [5, 5.41) is 14.6. The van der Waals surface area contributed by atoms with E-state index in [4.69, 9.17) is 4.74 Å². The van der Waals surface area contributed by atoms with E-state index in [0.29, 0.717) is 17.9 Å². The second-order valence-electron chi connectivity index (χ2n) is 9.99. The van der Waals surface area contributed by atoms with E-state index in [-0.39, 0.29) is 18.9 Å². The third-order valence-corrected chi connectivity index (χ3v) is 5.81. The molecular weight excluding hydrogens is 464 g/mol. The summed E-state index contributed by atoms with van der Waals surface area (Å²) in [4.78, 5) is 35.2. The first-order valence-corrected chi connectivity index (χ1v) is 13.5. The molecule has 0 spiro atoms. The molecule has 0 aliphatic carbocycles. The summed E-state index contributed by atoms with van der Waals surface area (Å²) in [5.41, 5.74) is 3.46. The van der Waals surface area contributed by atoms with Crippen LogP contribution in [0.25, 0.3) is 0 Å². The average molecular weight is 511 g/mol. The fourth-order valence-electron chi connectivity index (χ4n) is 2.92. The van der Waals surface area contributed by atoms with E-state index in [2.05, 4.69) is 56.6 Å². The Morgan fingerprint density at radius 3 is 2.11 bits per heavy atom. The number of carbonyl (C=O) groups excluding carboxylic acids is 2. The normalized spacial score (nSPS) is 13.1. The minimum atomic E-state index is -1.05. The van der Waals surface area contributed by atoms with E-state index in [9.17, 15) is 19.5 Å². The highest BCUT2D eigenvalue weighted by Crippen LogP contribution is 2.13. The summed E-state index contributed by atoms with van der Waals surface area (Å²) in [7, 11) is 0. The Balaban J connectivity index is 4.21. The Labute approximate surface area is 216 Å². The summed E-state index contributed by atoms with van der Waals surface area (Å²) in [6, 6.07) is -0.939. The van der Waals surface area contributed by atoms with Crippen molar-refractivity contribution in [3.05, 3.63) is 34.9 Å². The van der Waals surface area contributed by atoms with Crippen molar-refractivity contribution >= 4 is 29.7 Å². The Morgan fingerprint density at radius 2 is 1.54 bits per heavy atom. The van der Waals surface area contributed by atoms with E-state index in [0.717, 1.165) is 25.7 Å². The monoisotopic (exact) mass is 510 g/mol. The maximum absolute atomic E-state index is 12.1. The van der Waals surface area contributed by atoms with Crippen molar-refractivity contribution in [1.29, 1.82) is 0 Å². The second kappa shape index (κ2) is 18.1. The van der Waals surface area contributed by atoms with Crippen LogP contribution in [0, 0.1) is 0 Å². The molecule has 3 N–H and O–H groups in total. The van der Waals surface area contributed by atoms with Gasteiger partial charge >= 0.3 is 12.1 Å². The summed E-state index contributed by atoms with van der Waals surface area (Å²) < 4.78 is 5.13. The molecule has 7 nitrogen and oxygen atoms in total. The number of thioether (sulfide) groups is 1. The summed E-state index contributed by atoms with van der Waals surface area (Å²) in [6.07, 6.45) is 10.8. The maximum atomic E-state index is 12.1. The van der Waals surface area contributed by atoms with Gasteiger partial charge in [0.15, 0.2) is 0 Å². The van der Waals surface area contributed by atoms with Crippen molar-refractivity contribution in [2.45, 2.75) is 98.6 Å². The van der Waals surface area contributed by atoms with E-state index in [1.807, 2.05) is 0 Å². The molecule has 0 aromatic carbocycles. The van der Waals surface area contributed by atoms with Gasteiger partial charge < -0.3 is 20.5 Å². The molecule has 0 aromatic heterocycles. The Hall–Kier alpha value is -2.22. The number of aliphatic carboxylic acids is 1. The van der Waals surface area contributed by atoms with Crippen molar-refractivity contribution in [3.63, 3.8) is 0 Å². The third-order valence-electron chi connectivity index (χ3n) is 4.84. The Bertz CT molecular complexity index is 762. The van der Waals surface area contributed by atoms with Crippen molar-refractivity contribution in [3.8, 4) is 0 Å². The van der Waals surface area contributed by atoms with Crippen LogP contribution in [0.3, 0.4) is 0 Å². The lowest BCUT2D eigenvalue weighted by Crippen LogP contribution is -2.42. The minimum Gasteiger partial charge on any atom is -0.480 e. The van der Waals surface area contributed by atoms with Gasteiger partial charge in [-0.2, -0.15) is 11.8 Å². The number of carbonyl (C=O) groups is 3. The van der Waals surface area contributed by atoms with Crippen LogP contribution in [-0.2, 0) is 14.3 Å². The van der Waals surface area contributed by atoms with E-state index >= 15 is 0 Å². The molecule has 0 fully saturated rings. The summed E-state index contributed by atoms with van der Waals surface area (Å²) in [5.74, 6) is -0.395. The molecule has 0 saturated carbocycles. The van der Waals surface area contributed by atoms with Crippen molar-refractivity contribution in [1.82, 2.24) is 10.6 Å². The third kappa shape index (κ3) is 20.8. The lowest BCUT2D eigenvalue weighted by molar-refractivity contribution is -0.141. The molecule has 2 amide bonds. The van der Waals surface area contributed by atoms with Crippen molar-refractivity contribution in [2.75, 3.05) is 18.1 Å². The zero-order valence-electron chi connectivity index (χ0n) is 22.7. The number of alkyl carbamates (subject to hydrolysis) is 1. The number of hydrogen-bond donors (Lipinski definition) is 3. The molecule has 1 unspecified atom stereocenters. The smallest absolute Gasteiger partial charge is 0.407 e. The molecule has 0 heterocycles. The zero-order valence-corrected chi connectivity index (χ0v) is 23.5. The molecule has 0 aliphatic rings. The topological polar surface area (TPSA) is 105 Å². The predicted octanol–water partition coefficient (Wildman–Crippen LogP) is 6.01. The van der Waals surface area contributed by atoms with Gasteiger partial charge in [0.2, 0.25) is 5.91 Å². The highest BCUT2D eigenvalue weighted by molar-refractivity contribution is 7.99. The molecule has 1 atom stereocenters. The van der Waals surface area contributed by atoms with Crippen LogP contribution in [-0.4, -0.2) is 52.8 Å². The van der Waals surface area contributed by atoms with Crippen LogP contribution in [0.15, 0.2) is 34.9 Å². The van der Waals surface area contributed by atoms with Gasteiger partial charge in [0.05, 0.1) is 0 Å². The zero-order chi connectivity index (χ0) is 26.9. The van der Waals surface area contributed by atoms with Crippen LogP contribution >= 0.6 is 11.8 Å². The number of allylic oxidation sites excluding steroid dienone is 5. The molecule has 0 bridgehead atoms. The van der Waals surface area contributed by atoms with Gasteiger partial charge in [-0.05, 0) is 80.6 Å². The number of rotatable bonds is 16. The largest absolute Gasteiger partial charge is 0.480 e. The first-order valence-electron chi connectivity index (χ1n) is 12.3. The van der Waals surface area contributed by atoms with Crippen LogP contribution in [0.1, 0.15) is 87.0 Å². The lowest BCUT2D eigenvalue weighted by atomic mass is 10.1. The van der Waals surface area contributed by atoms with Gasteiger partial charge in [0, 0.05) is 24.5 Å². The SMILES string of the molecule is CC(C)=CCC/C(C)=C/CC/C(C)=C/CSCC(NC(=O)CCCNC(=O)OC(C)(C)C)C(=O)O. The molecule has 35 heavy (non-hydrogen) atoms. The van der Waals surface area contributed by atoms with Gasteiger partial charge in [0.1, 0.15) is 11.6 Å². The van der Waals surface area contributed by atoms with Crippen LogP contribution in [0.4, 0.5) is 4.79 Å². The molecule has 8 heteroatoms. The highest BCUT2D eigenvalue weighted by atomic mass is 32.2. The second-order valence-corrected chi connectivity index (χ2v) is 11.1. The molecule has 0 aliphatic heterocycles. The van der Waals surface area contributed by atoms with Crippen LogP contribution in [0.2, 0.25) is 0 Å². The molecule has 0 aromatic rings. The van der Waals surface area contributed by atoms with Gasteiger partial charge in [-0.15, -0.1) is 0 Å². The molecule has 200 valence electrons. The summed E-state index contributed by atoms with van der Waals surface area (Å²) in [6.45, 7) is 14.1. The number of ether oxygens (including phenoxy) is 1. The quantitative estimate of drug-likeness (QED) is 0.173. The maximum Gasteiger partial charge on any atom is 0.407 e. The van der Waals surface area contributed by atoms with E-state index in [1.54, 1.807) is 20.8 Å². The molecule has 0 saturated heterocycles. The summed E-state index contributed by atoms with van der Waals surface area (Å²) >= 11 is 1.48. The van der Waals surface area contributed by atoms with Crippen LogP contribution < -0.4 is 10.6 Å². The van der Waals surface area contributed by atoms with Crippen molar-refractivity contribution in [2.24, 2.45) is 0 Å². The standard InChI is InChI=1S/C27H46N2O5S/c1-20(2)11-8-12-21(3)13-9-14-22(4)16-18-35-19-23(25(31)32)29-24(30)15-10-17-28-26(33)34-27(5,6)7/h11,13,16,23H,8-10,12,14-15,17-19H2,1-7H3,(H,28,33)(H,29,30)(H,31,32)/b21-13+,22-16+. The van der Waals surface area contributed by atoms with Gasteiger partial charge in [-0.25, -0.2) is 9.59 Å². The van der Waals surface area contributed by atoms with Crippen molar-refractivity contribution < 1.29 is 24.2 Å². The number of nitrogens with one attached hydrogen (secondary N) is 2. The highest BCUT2D eigenvalue weighted by Gasteiger charge is 2.20. The first-order chi connectivity index (χ1) is 16.3. The number of hydrogen-bond acceptors (Lipinski definition) is 5. The molecular formula is C27H46N2O5S. The van der Waals surface area contributed by atoms with Gasteiger partial charge in [0.25, 0.3) is 0 Å². The number of amides is 2. The molecule has 0 radical (unpaired) electrons. The molecule has 0 rings (SSSR count). The average Bonchev–Trinajstić information content (AvgIpc) is 2.71. The number of carboxylic acids is 1. The van der Waals surface area contributed by atoms with Gasteiger partial charge in [-0.1, -0.05) is 34.9 Å². The fraction of sp³-hybridized carbons (Fsp3) is 0.667.